The minimum Gasteiger partial charge on any atom is -0.463 e. The van der Waals surface area contributed by atoms with Crippen molar-refractivity contribution in [1.29, 1.82) is 0 Å². The minimum atomic E-state index is -0.478. The monoisotopic (exact) mass is 454 g/mol. The molecule has 186 valence electrons. The van der Waals surface area contributed by atoms with E-state index < -0.39 is 5.79 Å². The first-order valence-electron chi connectivity index (χ1n) is 12.8. The summed E-state index contributed by atoms with van der Waals surface area (Å²) < 4.78 is 17.3. The average molecular weight is 455 g/mol. The molecule has 2 N–H and O–H groups in total. The highest BCUT2D eigenvalue weighted by Crippen LogP contribution is 2.44. The molecule has 0 amide bonds. The quantitative estimate of drug-likeness (QED) is 0.211. The lowest BCUT2D eigenvalue weighted by atomic mass is 9.82. The van der Waals surface area contributed by atoms with Crippen molar-refractivity contribution in [3.8, 4) is 0 Å². The maximum atomic E-state index is 11.6. The zero-order chi connectivity index (χ0) is 23.4. The summed E-state index contributed by atoms with van der Waals surface area (Å²) in [5.41, 5.74) is 0. The number of carbonyl (C=O) groups excluding carboxylic acids is 1. The van der Waals surface area contributed by atoms with Crippen molar-refractivity contribution >= 4 is 5.97 Å². The summed E-state index contributed by atoms with van der Waals surface area (Å²) in [4.78, 5) is 11.6. The molecule has 2 rings (SSSR count). The van der Waals surface area contributed by atoms with E-state index in [2.05, 4.69) is 19.1 Å². The van der Waals surface area contributed by atoms with Crippen LogP contribution in [0, 0.1) is 17.8 Å². The summed E-state index contributed by atoms with van der Waals surface area (Å²) in [6.45, 7) is 7.34. The number of allylic oxidation sites excluding steroid dienone is 2. The van der Waals surface area contributed by atoms with Crippen LogP contribution in [0.15, 0.2) is 12.2 Å². The van der Waals surface area contributed by atoms with Crippen LogP contribution in [0.4, 0.5) is 0 Å². The molecule has 0 spiro atoms. The first kappa shape index (κ1) is 27.3. The van der Waals surface area contributed by atoms with Gasteiger partial charge in [-0.2, -0.15) is 0 Å². The van der Waals surface area contributed by atoms with E-state index in [0.717, 1.165) is 44.9 Å². The molecule has 1 saturated heterocycles. The molecular formula is C26H46O6. The van der Waals surface area contributed by atoms with Gasteiger partial charge in [-0.3, -0.25) is 4.79 Å². The maximum Gasteiger partial charge on any atom is 0.306 e. The van der Waals surface area contributed by atoms with Gasteiger partial charge in [-0.25, -0.2) is 0 Å². The second kappa shape index (κ2) is 14.3. The zero-order valence-electron chi connectivity index (χ0n) is 20.5. The third-order valence-corrected chi connectivity index (χ3v) is 6.96. The molecule has 0 aromatic heterocycles. The highest BCUT2D eigenvalue weighted by atomic mass is 16.7. The molecule has 0 aromatic carbocycles. The van der Waals surface area contributed by atoms with Crippen LogP contribution < -0.4 is 0 Å². The van der Waals surface area contributed by atoms with Gasteiger partial charge in [-0.1, -0.05) is 31.9 Å². The second-order valence-corrected chi connectivity index (χ2v) is 9.81. The minimum absolute atomic E-state index is 0.0656. The first-order valence-corrected chi connectivity index (χ1v) is 12.8. The average Bonchev–Trinajstić information content (AvgIpc) is 3.33. The molecule has 0 unspecified atom stereocenters. The molecule has 0 bridgehead atoms. The summed E-state index contributed by atoms with van der Waals surface area (Å²) in [7, 11) is 0. The van der Waals surface area contributed by atoms with Gasteiger partial charge < -0.3 is 24.4 Å². The van der Waals surface area contributed by atoms with Crippen LogP contribution in [-0.2, 0) is 19.0 Å². The summed E-state index contributed by atoms with van der Waals surface area (Å²) in [6.07, 6.45) is 13.4. The predicted octanol–water partition coefficient (Wildman–Crippen LogP) is 4.76. The number of rotatable bonds is 15. The van der Waals surface area contributed by atoms with Gasteiger partial charge in [0.1, 0.15) is 0 Å². The predicted molar refractivity (Wildman–Crippen MR) is 125 cm³/mol. The molecule has 2 aliphatic rings. The van der Waals surface area contributed by atoms with Gasteiger partial charge in [-0.15, -0.1) is 0 Å². The van der Waals surface area contributed by atoms with Crippen molar-refractivity contribution in [2.75, 3.05) is 19.8 Å². The summed E-state index contributed by atoms with van der Waals surface area (Å²) >= 11 is 0. The molecular weight excluding hydrogens is 408 g/mol. The standard InChI is InChI=1S/C26H46O6/c1-4-5-10-14-26(30-16-17-31-26)15-13-22-21(19-27)18-24(28)23(22)11-8-6-7-9-12-25(29)32-20(2)3/h6,8,20-24,27-28H,4-5,7,9-19H2,1-3H3/b8-6-/t21-,22-,23+,24-/m0/s1. The van der Waals surface area contributed by atoms with Crippen LogP contribution in [0.25, 0.3) is 0 Å². The Hall–Kier alpha value is -0.950. The molecule has 1 aliphatic carbocycles. The molecule has 1 saturated carbocycles. The van der Waals surface area contributed by atoms with Crippen molar-refractivity contribution in [3.05, 3.63) is 12.2 Å². The molecule has 4 atom stereocenters. The highest BCUT2D eigenvalue weighted by Gasteiger charge is 2.44. The van der Waals surface area contributed by atoms with Crippen molar-refractivity contribution < 1.29 is 29.2 Å². The van der Waals surface area contributed by atoms with Gasteiger partial charge in [0.15, 0.2) is 5.79 Å². The highest BCUT2D eigenvalue weighted by molar-refractivity contribution is 5.69. The molecule has 2 fully saturated rings. The lowest BCUT2D eigenvalue weighted by Gasteiger charge is -2.31. The van der Waals surface area contributed by atoms with Crippen LogP contribution in [-0.4, -0.2) is 54.0 Å². The summed E-state index contributed by atoms with van der Waals surface area (Å²) in [5, 5.41) is 20.6. The molecule has 1 aliphatic heterocycles. The number of esters is 1. The topological polar surface area (TPSA) is 85.2 Å². The fraction of sp³-hybridized carbons (Fsp3) is 0.885. The van der Waals surface area contributed by atoms with E-state index in [-0.39, 0.29) is 42.5 Å². The maximum absolute atomic E-state index is 11.6. The van der Waals surface area contributed by atoms with Crippen molar-refractivity contribution in [3.63, 3.8) is 0 Å². The van der Waals surface area contributed by atoms with Gasteiger partial charge in [0.25, 0.3) is 0 Å². The Labute approximate surface area is 194 Å². The van der Waals surface area contributed by atoms with Crippen LogP contribution in [0.5, 0.6) is 0 Å². The summed E-state index contributed by atoms with van der Waals surface area (Å²) in [6, 6.07) is 0. The molecule has 1 heterocycles. The number of aliphatic hydroxyl groups is 2. The van der Waals surface area contributed by atoms with E-state index >= 15 is 0 Å². The lowest BCUT2D eigenvalue weighted by molar-refractivity contribution is -0.171. The molecule has 0 radical (unpaired) electrons. The van der Waals surface area contributed by atoms with E-state index in [0.29, 0.717) is 26.1 Å². The Morgan fingerprint density at radius 3 is 2.53 bits per heavy atom. The van der Waals surface area contributed by atoms with Crippen LogP contribution in [0.2, 0.25) is 0 Å². The van der Waals surface area contributed by atoms with Crippen LogP contribution in [0.1, 0.15) is 91.4 Å². The van der Waals surface area contributed by atoms with Gasteiger partial charge in [0.2, 0.25) is 0 Å². The summed E-state index contributed by atoms with van der Waals surface area (Å²) in [5.74, 6) is -0.0915. The van der Waals surface area contributed by atoms with Crippen LogP contribution >= 0.6 is 0 Å². The van der Waals surface area contributed by atoms with Crippen molar-refractivity contribution in [2.24, 2.45) is 17.8 Å². The van der Waals surface area contributed by atoms with Gasteiger partial charge in [0, 0.05) is 25.9 Å². The number of hydrogen-bond donors (Lipinski definition) is 2. The second-order valence-electron chi connectivity index (χ2n) is 9.81. The molecule has 32 heavy (non-hydrogen) atoms. The van der Waals surface area contributed by atoms with Crippen molar-refractivity contribution in [2.45, 2.75) is 109 Å². The van der Waals surface area contributed by atoms with E-state index in [9.17, 15) is 15.0 Å². The van der Waals surface area contributed by atoms with Gasteiger partial charge in [-0.05, 0) is 70.1 Å². The fourth-order valence-corrected chi connectivity index (χ4v) is 5.29. The van der Waals surface area contributed by atoms with Gasteiger partial charge >= 0.3 is 5.97 Å². The smallest absolute Gasteiger partial charge is 0.306 e. The van der Waals surface area contributed by atoms with E-state index in [1.807, 2.05) is 13.8 Å². The fourth-order valence-electron chi connectivity index (χ4n) is 5.29. The zero-order valence-corrected chi connectivity index (χ0v) is 20.5. The lowest BCUT2D eigenvalue weighted by Crippen LogP contribution is -2.32. The van der Waals surface area contributed by atoms with E-state index in [1.165, 1.54) is 12.8 Å². The molecule has 6 heteroatoms. The largest absolute Gasteiger partial charge is 0.463 e. The molecule has 0 aromatic rings. The third kappa shape index (κ3) is 8.77. The Balaban J connectivity index is 1.84. The third-order valence-electron chi connectivity index (χ3n) is 6.96. The Bertz CT molecular complexity index is 555. The SMILES string of the molecule is CCCCCC1(CC[C@H]2[C@H](CO)C[C@H](O)[C@@H]2C/C=C\CCCC(=O)OC(C)C)OCCO1. The number of carbonyl (C=O) groups is 1. The van der Waals surface area contributed by atoms with E-state index in [1.54, 1.807) is 0 Å². The number of ether oxygens (including phenoxy) is 3. The normalized spacial score (nSPS) is 27.6. The number of hydrogen-bond acceptors (Lipinski definition) is 6. The molecule has 6 nitrogen and oxygen atoms in total. The Morgan fingerprint density at radius 2 is 1.88 bits per heavy atom. The number of unbranched alkanes of at least 4 members (excludes halogenated alkanes) is 3. The van der Waals surface area contributed by atoms with Gasteiger partial charge in [0.05, 0.1) is 25.4 Å². The van der Waals surface area contributed by atoms with Crippen LogP contribution in [0.3, 0.4) is 0 Å². The Morgan fingerprint density at radius 1 is 1.12 bits per heavy atom. The Kier molecular flexibility index (Phi) is 12.2. The first-order chi connectivity index (χ1) is 15.4. The van der Waals surface area contributed by atoms with Crippen molar-refractivity contribution in [1.82, 2.24) is 0 Å². The number of aliphatic hydroxyl groups excluding tert-OH is 2. The van der Waals surface area contributed by atoms with E-state index in [4.69, 9.17) is 14.2 Å².